The van der Waals surface area contributed by atoms with E-state index in [9.17, 15) is 0 Å². The summed E-state index contributed by atoms with van der Waals surface area (Å²) in [7, 11) is 0. The minimum absolute atomic E-state index is 0.199. The molecule has 22 heavy (non-hydrogen) atoms. The third-order valence-corrected chi connectivity index (χ3v) is 4.72. The van der Waals surface area contributed by atoms with Crippen LogP contribution in [0.2, 0.25) is 0 Å². The summed E-state index contributed by atoms with van der Waals surface area (Å²) in [5, 5.41) is 6.25. The van der Waals surface area contributed by atoms with Gasteiger partial charge in [-0.05, 0) is 61.1 Å². The molecule has 2 heteroatoms. The zero-order valence-corrected chi connectivity index (χ0v) is 13.9. The number of fused-ring (bicyclic) bond motifs is 1. The summed E-state index contributed by atoms with van der Waals surface area (Å²) >= 11 is 0. The number of hydrogen-bond donors (Lipinski definition) is 1. The molecule has 1 aliphatic rings. The van der Waals surface area contributed by atoms with E-state index < -0.39 is 0 Å². The second kappa shape index (κ2) is 6.51. The normalized spacial score (nSPS) is 19.0. The monoisotopic (exact) mass is 294 g/mol. The maximum atomic E-state index is 4.99. The number of aryl methyl sites for hydroxylation is 2. The summed E-state index contributed by atoms with van der Waals surface area (Å²) < 4.78 is 0. The van der Waals surface area contributed by atoms with Gasteiger partial charge in [-0.2, -0.15) is 0 Å². The fourth-order valence-electron chi connectivity index (χ4n) is 3.44. The van der Waals surface area contributed by atoms with Gasteiger partial charge in [0, 0.05) is 13.0 Å². The number of nitrogens with one attached hydrogen (secondary N) is 1. The Kier molecular flexibility index (Phi) is 4.47. The van der Waals surface area contributed by atoms with Crippen molar-refractivity contribution in [2.24, 2.45) is 4.99 Å². The molecule has 0 radical (unpaired) electrons. The molecule has 1 N–H and O–H groups in total. The molecule has 1 unspecified atom stereocenters. The van der Waals surface area contributed by atoms with Crippen molar-refractivity contribution in [2.75, 3.05) is 6.54 Å². The van der Waals surface area contributed by atoms with Gasteiger partial charge < -0.3 is 5.32 Å². The van der Waals surface area contributed by atoms with Crippen molar-refractivity contribution in [2.45, 2.75) is 52.5 Å². The van der Waals surface area contributed by atoms with Crippen molar-refractivity contribution >= 4 is 16.6 Å². The predicted octanol–water partition coefficient (Wildman–Crippen LogP) is 5.08. The van der Waals surface area contributed by atoms with Crippen LogP contribution < -0.4 is 5.32 Å². The number of benzene rings is 2. The standard InChI is InChI=1S/C20H26N2/c1-14-11-12-15(2)20-17(14)8-7-9-18(20)16(3)22-19-10-5-4-6-13-21-19/h7-9,11-12,16H,4-6,10,13H2,1-3H3,(H,21,22). The Balaban J connectivity index is 2.02. The van der Waals surface area contributed by atoms with Gasteiger partial charge in [0.05, 0.1) is 11.9 Å². The lowest BCUT2D eigenvalue weighted by molar-refractivity contribution is 0.721. The molecule has 1 aliphatic heterocycles. The van der Waals surface area contributed by atoms with E-state index in [-0.39, 0.29) is 6.04 Å². The Bertz CT molecular complexity index is 690. The van der Waals surface area contributed by atoms with Gasteiger partial charge in [0.15, 0.2) is 0 Å². The zero-order chi connectivity index (χ0) is 15.5. The van der Waals surface area contributed by atoms with Crippen LogP contribution in [0.4, 0.5) is 0 Å². The van der Waals surface area contributed by atoms with Gasteiger partial charge in [-0.25, -0.2) is 0 Å². The fraction of sp³-hybridized carbons (Fsp3) is 0.450. The maximum Gasteiger partial charge on any atom is 0.0970 e. The fourth-order valence-corrected chi connectivity index (χ4v) is 3.44. The largest absolute Gasteiger partial charge is 0.374 e. The second-order valence-corrected chi connectivity index (χ2v) is 6.46. The molecule has 0 bridgehead atoms. The van der Waals surface area contributed by atoms with E-state index in [1.165, 1.54) is 52.6 Å². The van der Waals surface area contributed by atoms with E-state index in [1.807, 2.05) is 0 Å². The van der Waals surface area contributed by atoms with Crippen molar-refractivity contribution in [3.63, 3.8) is 0 Å². The van der Waals surface area contributed by atoms with E-state index in [2.05, 4.69) is 56.4 Å². The molecule has 1 heterocycles. The average molecular weight is 294 g/mol. The first-order valence-electron chi connectivity index (χ1n) is 8.46. The highest BCUT2D eigenvalue weighted by atomic mass is 15.0. The highest BCUT2D eigenvalue weighted by molar-refractivity contribution is 5.92. The Labute approximate surface area is 133 Å². The SMILES string of the molecule is Cc1ccc(C)c2c(C(C)N=C3CCCCCN3)cccc12. The number of rotatable bonds is 2. The minimum Gasteiger partial charge on any atom is -0.374 e. The first kappa shape index (κ1) is 15.1. The van der Waals surface area contributed by atoms with Gasteiger partial charge in [-0.3, -0.25) is 4.99 Å². The average Bonchev–Trinajstić information content (AvgIpc) is 2.79. The van der Waals surface area contributed by atoms with Gasteiger partial charge in [-0.1, -0.05) is 36.8 Å². The number of hydrogen-bond acceptors (Lipinski definition) is 1. The number of amidine groups is 1. The van der Waals surface area contributed by atoms with E-state index in [0.29, 0.717) is 0 Å². The van der Waals surface area contributed by atoms with Crippen LogP contribution in [-0.2, 0) is 0 Å². The smallest absolute Gasteiger partial charge is 0.0970 e. The molecule has 2 aromatic rings. The molecule has 2 nitrogen and oxygen atoms in total. The lowest BCUT2D eigenvalue weighted by atomic mass is 9.94. The molecule has 0 amide bonds. The van der Waals surface area contributed by atoms with Crippen LogP contribution >= 0.6 is 0 Å². The van der Waals surface area contributed by atoms with Crippen molar-refractivity contribution < 1.29 is 0 Å². The van der Waals surface area contributed by atoms with Crippen LogP contribution in [-0.4, -0.2) is 12.4 Å². The molecule has 0 saturated carbocycles. The third-order valence-electron chi connectivity index (χ3n) is 4.72. The minimum atomic E-state index is 0.199. The summed E-state index contributed by atoms with van der Waals surface area (Å²) in [6.45, 7) is 7.68. The van der Waals surface area contributed by atoms with E-state index in [4.69, 9.17) is 4.99 Å². The molecular weight excluding hydrogens is 268 g/mol. The van der Waals surface area contributed by atoms with Crippen LogP contribution in [0.1, 0.15) is 55.3 Å². The molecular formula is C20H26N2. The molecule has 0 aliphatic carbocycles. The van der Waals surface area contributed by atoms with Crippen molar-refractivity contribution in [1.82, 2.24) is 5.32 Å². The summed E-state index contributed by atoms with van der Waals surface area (Å²) in [5.74, 6) is 1.19. The molecule has 1 atom stereocenters. The quantitative estimate of drug-likeness (QED) is 0.820. The summed E-state index contributed by atoms with van der Waals surface area (Å²) in [6, 6.07) is 11.3. The molecule has 0 spiro atoms. The molecule has 1 fully saturated rings. The van der Waals surface area contributed by atoms with Gasteiger partial charge in [-0.15, -0.1) is 0 Å². The molecule has 3 rings (SSSR count). The topological polar surface area (TPSA) is 24.4 Å². The van der Waals surface area contributed by atoms with Gasteiger partial charge in [0.25, 0.3) is 0 Å². The molecule has 1 saturated heterocycles. The van der Waals surface area contributed by atoms with Crippen molar-refractivity contribution in [3.05, 3.63) is 47.0 Å². The predicted molar refractivity (Wildman–Crippen MR) is 95.7 cm³/mol. The number of aliphatic imine (C=N–C) groups is 1. The summed E-state index contributed by atoms with van der Waals surface area (Å²) in [6.07, 6.45) is 4.92. The molecule has 0 aromatic heterocycles. The van der Waals surface area contributed by atoms with Crippen LogP contribution in [0.5, 0.6) is 0 Å². The lowest BCUT2D eigenvalue weighted by Gasteiger charge is -2.16. The Morgan fingerprint density at radius 3 is 2.68 bits per heavy atom. The highest BCUT2D eigenvalue weighted by Gasteiger charge is 2.13. The lowest BCUT2D eigenvalue weighted by Crippen LogP contribution is -2.22. The summed E-state index contributed by atoms with van der Waals surface area (Å²) in [4.78, 5) is 4.99. The van der Waals surface area contributed by atoms with Gasteiger partial charge >= 0.3 is 0 Å². The Hall–Kier alpha value is -1.83. The first-order chi connectivity index (χ1) is 10.7. The zero-order valence-electron chi connectivity index (χ0n) is 13.9. The Morgan fingerprint density at radius 1 is 1.00 bits per heavy atom. The van der Waals surface area contributed by atoms with E-state index >= 15 is 0 Å². The van der Waals surface area contributed by atoms with Crippen molar-refractivity contribution in [3.8, 4) is 0 Å². The molecule has 116 valence electrons. The van der Waals surface area contributed by atoms with Gasteiger partial charge in [0.2, 0.25) is 0 Å². The highest BCUT2D eigenvalue weighted by Crippen LogP contribution is 2.31. The van der Waals surface area contributed by atoms with Crippen LogP contribution in [0.3, 0.4) is 0 Å². The maximum absolute atomic E-state index is 4.99. The van der Waals surface area contributed by atoms with E-state index in [0.717, 1.165) is 13.0 Å². The molecule has 2 aromatic carbocycles. The van der Waals surface area contributed by atoms with Crippen molar-refractivity contribution in [1.29, 1.82) is 0 Å². The number of nitrogens with zero attached hydrogens (tertiary/aromatic N) is 1. The summed E-state index contributed by atoms with van der Waals surface area (Å²) in [5.41, 5.74) is 4.03. The van der Waals surface area contributed by atoms with Crippen LogP contribution in [0, 0.1) is 13.8 Å². The second-order valence-electron chi connectivity index (χ2n) is 6.46. The van der Waals surface area contributed by atoms with Crippen LogP contribution in [0.15, 0.2) is 35.3 Å². The third kappa shape index (κ3) is 3.01. The first-order valence-corrected chi connectivity index (χ1v) is 8.46. The Morgan fingerprint density at radius 2 is 1.82 bits per heavy atom. The van der Waals surface area contributed by atoms with Gasteiger partial charge in [0.1, 0.15) is 0 Å². The van der Waals surface area contributed by atoms with E-state index in [1.54, 1.807) is 0 Å². The van der Waals surface area contributed by atoms with Crippen LogP contribution in [0.25, 0.3) is 10.8 Å².